The first-order chi connectivity index (χ1) is 7.50. The molecule has 0 unspecified atom stereocenters. The van der Waals surface area contributed by atoms with Crippen molar-refractivity contribution in [2.24, 2.45) is 0 Å². The maximum absolute atomic E-state index is 11.3. The molecule has 0 saturated heterocycles. The number of carbonyl (C=O) groups is 1. The second-order valence-corrected chi connectivity index (χ2v) is 5.82. The Labute approximate surface area is 100 Å². The molecule has 0 amide bonds. The number of fused-ring (bicyclic) bond motifs is 1. The van der Waals surface area contributed by atoms with Gasteiger partial charge >= 0.3 is 0 Å². The van der Waals surface area contributed by atoms with Gasteiger partial charge in [0.05, 0.1) is 0 Å². The first-order valence-electron chi connectivity index (χ1n) is 5.47. The van der Waals surface area contributed by atoms with Crippen LogP contribution in [0.3, 0.4) is 0 Å². The predicted octanol–water partition coefficient (Wildman–Crippen LogP) is 4.16. The van der Waals surface area contributed by atoms with Gasteiger partial charge in [0.25, 0.3) is 0 Å². The standard InChI is InChI=1S/C14H16OS/c1-10(15)9-14(2,3)12-6-4-5-11-7-8-16-13(11)12/h4-8H,9H2,1-3H3. The summed E-state index contributed by atoms with van der Waals surface area (Å²) < 4.78 is 1.31. The van der Waals surface area contributed by atoms with Crippen molar-refractivity contribution >= 4 is 27.2 Å². The van der Waals surface area contributed by atoms with Crippen molar-refractivity contribution in [2.75, 3.05) is 0 Å². The lowest BCUT2D eigenvalue weighted by molar-refractivity contribution is -0.118. The van der Waals surface area contributed by atoms with E-state index in [-0.39, 0.29) is 11.2 Å². The summed E-state index contributed by atoms with van der Waals surface area (Å²) in [5, 5.41) is 3.39. The Morgan fingerprint density at radius 2 is 2.06 bits per heavy atom. The maximum Gasteiger partial charge on any atom is 0.130 e. The molecule has 1 aromatic heterocycles. The topological polar surface area (TPSA) is 17.1 Å². The van der Waals surface area contributed by atoms with Crippen LogP contribution in [0.5, 0.6) is 0 Å². The van der Waals surface area contributed by atoms with Crippen molar-refractivity contribution < 1.29 is 4.79 Å². The Balaban J connectivity index is 2.53. The van der Waals surface area contributed by atoms with Gasteiger partial charge in [-0.1, -0.05) is 32.0 Å². The van der Waals surface area contributed by atoms with Gasteiger partial charge in [0, 0.05) is 11.1 Å². The lowest BCUT2D eigenvalue weighted by Gasteiger charge is -2.24. The van der Waals surface area contributed by atoms with Gasteiger partial charge in [-0.2, -0.15) is 0 Å². The van der Waals surface area contributed by atoms with E-state index in [0.29, 0.717) is 6.42 Å². The van der Waals surface area contributed by atoms with Crippen LogP contribution < -0.4 is 0 Å². The van der Waals surface area contributed by atoms with E-state index in [0.717, 1.165) is 0 Å². The molecule has 0 aliphatic rings. The fourth-order valence-electron chi connectivity index (χ4n) is 2.24. The summed E-state index contributed by atoms with van der Waals surface area (Å²) in [6.45, 7) is 5.95. The molecule has 84 valence electrons. The molecular formula is C14H16OS. The summed E-state index contributed by atoms with van der Waals surface area (Å²) in [6.07, 6.45) is 0.601. The largest absolute Gasteiger partial charge is 0.300 e. The summed E-state index contributed by atoms with van der Waals surface area (Å²) in [5.41, 5.74) is 1.21. The van der Waals surface area contributed by atoms with Crippen LogP contribution in [0.4, 0.5) is 0 Å². The molecule has 0 spiro atoms. The zero-order chi connectivity index (χ0) is 11.8. The first kappa shape index (κ1) is 11.3. The second-order valence-electron chi connectivity index (χ2n) is 4.91. The van der Waals surface area contributed by atoms with Crippen LogP contribution >= 0.6 is 11.3 Å². The van der Waals surface area contributed by atoms with Crippen LogP contribution in [0, 0.1) is 0 Å². The highest BCUT2D eigenvalue weighted by Gasteiger charge is 2.24. The van der Waals surface area contributed by atoms with Crippen LogP contribution in [0.2, 0.25) is 0 Å². The predicted molar refractivity (Wildman–Crippen MR) is 70.1 cm³/mol. The molecule has 16 heavy (non-hydrogen) atoms. The smallest absolute Gasteiger partial charge is 0.130 e. The van der Waals surface area contributed by atoms with Gasteiger partial charge in [-0.3, -0.25) is 4.79 Å². The van der Waals surface area contributed by atoms with Gasteiger partial charge in [-0.05, 0) is 34.7 Å². The minimum Gasteiger partial charge on any atom is -0.300 e. The molecule has 1 nitrogen and oxygen atoms in total. The van der Waals surface area contributed by atoms with Gasteiger partial charge in [0.2, 0.25) is 0 Å². The normalized spacial score (nSPS) is 11.9. The Kier molecular flexibility index (Phi) is 2.85. The van der Waals surface area contributed by atoms with Crippen molar-refractivity contribution in [2.45, 2.75) is 32.6 Å². The van der Waals surface area contributed by atoms with E-state index in [2.05, 4.69) is 43.5 Å². The quantitative estimate of drug-likeness (QED) is 0.776. The van der Waals surface area contributed by atoms with Gasteiger partial charge in [-0.25, -0.2) is 0 Å². The first-order valence-corrected chi connectivity index (χ1v) is 6.35. The minimum atomic E-state index is -0.0732. The summed E-state index contributed by atoms with van der Waals surface area (Å²) in [6, 6.07) is 8.47. The van der Waals surface area contributed by atoms with E-state index in [1.54, 1.807) is 18.3 Å². The lowest BCUT2D eigenvalue weighted by Crippen LogP contribution is -2.20. The average Bonchev–Trinajstić information content (AvgIpc) is 2.62. The van der Waals surface area contributed by atoms with Crippen LogP contribution in [0.1, 0.15) is 32.8 Å². The molecule has 0 bridgehead atoms. The zero-order valence-corrected chi connectivity index (χ0v) is 10.7. The molecular weight excluding hydrogens is 216 g/mol. The van der Waals surface area contributed by atoms with E-state index >= 15 is 0 Å². The summed E-state index contributed by atoms with van der Waals surface area (Å²) in [5.74, 6) is 0.249. The van der Waals surface area contributed by atoms with E-state index in [1.165, 1.54) is 15.6 Å². The Bertz CT molecular complexity index is 522. The molecule has 2 aromatic rings. The highest BCUT2D eigenvalue weighted by Crippen LogP contribution is 2.35. The molecule has 2 rings (SSSR count). The van der Waals surface area contributed by atoms with Crippen LogP contribution in [0.15, 0.2) is 29.6 Å². The molecule has 1 heterocycles. The summed E-state index contributed by atoms with van der Waals surface area (Å²) in [4.78, 5) is 11.3. The third-order valence-electron chi connectivity index (χ3n) is 2.90. The number of carbonyl (C=O) groups excluding carboxylic acids is 1. The van der Waals surface area contributed by atoms with Crippen LogP contribution in [-0.2, 0) is 10.2 Å². The van der Waals surface area contributed by atoms with Crippen molar-refractivity contribution in [1.29, 1.82) is 0 Å². The van der Waals surface area contributed by atoms with Crippen molar-refractivity contribution in [1.82, 2.24) is 0 Å². The van der Waals surface area contributed by atoms with Gasteiger partial charge in [0.15, 0.2) is 0 Å². The van der Waals surface area contributed by atoms with E-state index in [1.807, 2.05) is 0 Å². The zero-order valence-electron chi connectivity index (χ0n) is 9.91. The number of ketones is 1. The third kappa shape index (κ3) is 2.03. The number of hydrogen-bond acceptors (Lipinski definition) is 2. The minimum absolute atomic E-state index is 0.0732. The number of thiophene rings is 1. The fraction of sp³-hybridized carbons (Fsp3) is 0.357. The van der Waals surface area contributed by atoms with Crippen molar-refractivity contribution in [3.05, 3.63) is 35.2 Å². The van der Waals surface area contributed by atoms with Gasteiger partial charge < -0.3 is 0 Å². The molecule has 0 fully saturated rings. The lowest BCUT2D eigenvalue weighted by atomic mass is 9.80. The van der Waals surface area contributed by atoms with E-state index in [9.17, 15) is 4.79 Å². The Morgan fingerprint density at radius 1 is 1.31 bits per heavy atom. The number of rotatable bonds is 3. The SMILES string of the molecule is CC(=O)CC(C)(C)c1cccc2ccsc12. The van der Waals surface area contributed by atoms with Gasteiger partial charge in [0.1, 0.15) is 5.78 Å². The fourth-order valence-corrected chi connectivity index (χ4v) is 3.34. The second kappa shape index (κ2) is 4.02. The molecule has 0 atom stereocenters. The highest BCUT2D eigenvalue weighted by atomic mass is 32.1. The summed E-state index contributed by atoms with van der Waals surface area (Å²) in [7, 11) is 0. The number of Topliss-reactive ketones (excluding diaryl/α,β-unsaturated/α-hetero) is 1. The van der Waals surface area contributed by atoms with Crippen molar-refractivity contribution in [3.63, 3.8) is 0 Å². The van der Waals surface area contributed by atoms with Crippen LogP contribution in [-0.4, -0.2) is 5.78 Å². The van der Waals surface area contributed by atoms with E-state index < -0.39 is 0 Å². The molecule has 0 aliphatic heterocycles. The van der Waals surface area contributed by atoms with E-state index in [4.69, 9.17) is 0 Å². The number of benzene rings is 1. The molecule has 0 radical (unpaired) electrons. The molecule has 1 aromatic carbocycles. The molecule has 2 heteroatoms. The third-order valence-corrected chi connectivity index (χ3v) is 3.86. The molecule has 0 N–H and O–H groups in total. The van der Waals surface area contributed by atoms with Crippen molar-refractivity contribution in [3.8, 4) is 0 Å². The van der Waals surface area contributed by atoms with Crippen LogP contribution in [0.25, 0.3) is 10.1 Å². The maximum atomic E-state index is 11.3. The Morgan fingerprint density at radius 3 is 2.75 bits per heavy atom. The number of hydrogen-bond donors (Lipinski definition) is 0. The monoisotopic (exact) mass is 232 g/mol. The average molecular weight is 232 g/mol. The summed E-state index contributed by atoms with van der Waals surface area (Å²) >= 11 is 1.76. The Hall–Kier alpha value is -1.15. The molecule has 0 saturated carbocycles. The highest BCUT2D eigenvalue weighted by molar-refractivity contribution is 7.17. The molecule has 0 aliphatic carbocycles. The van der Waals surface area contributed by atoms with Gasteiger partial charge in [-0.15, -0.1) is 11.3 Å².